The molecule has 15 atom stereocenters. The number of phenols is 2. The fourth-order valence-electron chi connectivity index (χ4n) is 12.9. The first-order valence-corrected chi connectivity index (χ1v) is 28.5. The van der Waals surface area contributed by atoms with Crippen molar-refractivity contribution in [2.75, 3.05) is 52.7 Å². The van der Waals surface area contributed by atoms with Gasteiger partial charge in [-0.1, -0.05) is 52.7 Å². The average Bonchev–Trinajstić information content (AvgIpc) is 3.76. The third-order valence-electron chi connectivity index (χ3n) is 16.7. The molecule has 15 nitrogen and oxygen atoms in total. The van der Waals surface area contributed by atoms with E-state index in [2.05, 4.69) is 41.2 Å². The number of aliphatic hydroxyl groups is 6. The molecule has 2 bridgehead atoms. The lowest BCUT2D eigenvalue weighted by Crippen LogP contribution is -2.50. The van der Waals surface area contributed by atoms with Crippen LogP contribution >= 0.6 is 21.6 Å². The number of hydrogen-bond donors (Lipinski definition) is 10. The van der Waals surface area contributed by atoms with Gasteiger partial charge in [0, 0.05) is 60.3 Å². The first-order valence-electron chi connectivity index (χ1n) is 26.2. The number of aliphatic hydroxyl groups excluding tert-OH is 6. The minimum Gasteiger partial charge on any atom is -0.504 e. The number of phenolic OH excluding ortho intramolecular Hbond substituents is 2. The van der Waals surface area contributed by atoms with Crippen LogP contribution < -0.4 is 24.8 Å². The number of rotatable bonds is 11. The molecule has 1 saturated heterocycles. The maximum absolute atomic E-state index is 12.9. The Morgan fingerprint density at radius 3 is 2.46 bits per heavy atom. The van der Waals surface area contributed by atoms with Gasteiger partial charge in [0.1, 0.15) is 12.7 Å². The van der Waals surface area contributed by atoms with Crippen LogP contribution in [0.2, 0.25) is 0 Å². The van der Waals surface area contributed by atoms with Gasteiger partial charge in [0.25, 0.3) is 0 Å². The van der Waals surface area contributed by atoms with E-state index in [-0.39, 0.29) is 94.5 Å². The molecule has 2 aromatic carbocycles. The van der Waals surface area contributed by atoms with E-state index in [9.17, 15) is 45.6 Å². The van der Waals surface area contributed by atoms with E-state index < -0.39 is 49.8 Å². The van der Waals surface area contributed by atoms with Crippen LogP contribution in [0.25, 0.3) is 0 Å². The Morgan fingerprint density at radius 2 is 1.67 bits per heavy atom. The van der Waals surface area contributed by atoms with Gasteiger partial charge in [-0.05, 0) is 148 Å². The predicted octanol–water partition coefficient (Wildman–Crippen LogP) is 5.21. The Morgan fingerprint density at radius 1 is 0.847 bits per heavy atom. The molecule has 0 unspecified atom stereocenters. The molecule has 3 aliphatic carbocycles. The third kappa shape index (κ3) is 12.7. The molecule has 0 aromatic heterocycles. The molecule has 1 spiro atoms. The number of benzene rings is 2. The quantitative estimate of drug-likeness (QED) is 0.0790. The summed E-state index contributed by atoms with van der Waals surface area (Å²) in [5, 5.41) is 94.1. The van der Waals surface area contributed by atoms with Gasteiger partial charge >= 0.3 is 0 Å². The van der Waals surface area contributed by atoms with Gasteiger partial charge in [-0.25, -0.2) is 0 Å². The number of hydrogen-bond acceptors (Lipinski definition) is 16. The van der Waals surface area contributed by atoms with Gasteiger partial charge in [-0.2, -0.15) is 0 Å². The zero-order valence-electron chi connectivity index (χ0n) is 41.7. The molecule has 2 saturated carbocycles. The molecule has 0 radical (unpaired) electrons. The Kier molecular flexibility index (Phi) is 19.2. The van der Waals surface area contributed by atoms with Crippen molar-refractivity contribution in [1.29, 1.82) is 0 Å². The summed E-state index contributed by atoms with van der Waals surface area (Å²) in [7, 11) is 4.28. The van der Waals surface area contributed by atoms with Crippen molar-refractivity contribution in [3.8, 4) is 52.4 Å². The zero-order valence-corrected chi connectivity index (χ0v) is 43.3. The topological polar surface area (TPSA) is 240 Å². The van der Waals surface area contributed by atoms with Crippen molar-refractivity contribution in [3.05, 3.63) is 41.0 Å². The van der Waals surface area contributed by atoms with E-state index >= 15 is 0 Å². The molecule has 396 valence electrons. The van der Waals surface area contributed by atoms with Crippen LogP contribution in [0.5, 0.6) is 28.7 Å². The summed E-state index contributed by atoms with van der Waals surface area (Å²) in [4.78, 5) is 12.9. The van der Waals surface area contributed by atoms with Crippen LogP contribution in [-0.4, -0.2) is 130 Å². The Balaban J connectivity index is 1.06. The number of aromatic hydroxyl groups is 2. The van der Waals surface area contributed by atoms with E-state index in [4.69, 9.17) is 18.9 Å². The zero-order chi connectivity index (χ0) is 50.9. The Bertz CT molecular complexity index is 2280. The van der Waals surface area contributed by atoms with Crippen LogP contribution in [0.1, 0.15) is 106 Å². The second-order valence-electron chi connectivity index (χ2n) is 21.2. The summed E-state index contributed by atoms with van der Waals surface area (Å²) in [6.07, 6.45) is 5.27. The molecule has 1 amide bonds. The summed E-state index contributed by atoms with van der Waals surface area (Å²) in [6, 6.07) is 6.79. The smallest absolute Gasteiger partial charge is 0.235 e. The van der Waals surface area contributed by atoms with Gasteiger partial charge in [0.15, 0.2) is 29.8 Å². The van der Waals surface area contributed by atoms with Crippen molar-refractivity contribution in [2.45, 2.75) is 133 Å². The highest BCUT2D eigenvalue weighted by atomic mass is 33.1. The van der Waals surface area contributed by atoms with Crippen LogP contribution in [0.15, 0.2) is 24.3 Å². The van der Waals surface area contributed by atoms with Crippen molar-refractivity contribution in [2.24, 2.45) is 52.8 Å². The molecule has 8 rings (SSSR count). The van der Waals surface area contributed by atoms with Gasteiger partial charge in [0.05, 0.1) is 37.6 Å². The van der Waals surface area contributed by atoms with Crippen molar-refractivity contribution in [3.63, 3.8) is 0 Å². The minimum atomic E-state index is -1.09. The minimum absolute atomic E-state index is 0.000644. The van der Waals surface area contributed by atoms with E-state index in [0.29, 0.717) is 68.3 Å². The van der Waals surface area contributed by atoms with Crippen LogP contribution in [0.4, 0.5) is 0 Å². The number of nitrogens with one attached hydrogen (secondary N) is 2. The van der Waals surface area contributed by atoms with E-state index in [1.54, 1.807) is 12.1 Å². The average molecular weight is 1040 g/mol. The molecule has 3 fully saturated rings. The fraction of sp³-hybridized carbons (Fsp3) is 0.691. The number of ether oxygens (including phenoxy) is 4. The molecule has 17 heteroatoms. The highest BCUT2D eigenvalue weighted by Gasteiger charge is 2.52. The van der Waals surface area contributed by atoms with Gasteiger partial charge in [0.2, 0.25) is 11.7 Å². The summed E-state index contributed by atoms with van der Waals surface area (Å²) in [5.41, 5.74) is 1.97. The maximum atomic E-state index is 12.9. The van der Waals surface area contributed by atoms with Crippen LogP contribution in [0, 0.1) is 76.4 Å². The lowest BCUT2D eigenvalue weighted by Gasteiger charge is -2.53. The van der Waals surface area contributed by atoms with E-state index in [1.165, 1.54) is 34.8 Å². The number of amides is 1. The Hall–Kier alpha value is -3.59. The number of carbonyl (C=O) groups is 1. The van der Waals surface area contributed by atoms with Gasteiger partial charge in [-0.15, -0.1) is 5.92 Å². The van der Waals surface area contributed by atoms with Gasteiger partial charge in [-0.3, -0.25) is 4.79 Å². The summed E-state index contributed by atoms with van der Waals surface area (Å²) >= 11 is 0. The molecule has 6 aliphatic rings. The molecular formula is C55H76N2O13S2. The highest BCUT2D eigenvalue weighted by Crippen LogP contribution is 2.57. The van der Waals surface area contributed by atoms with Crippen molar-refractivity contribution >= 4 is 27.5 Å². The first-order chi connectivity index (χ1) is 34.8. The lowest BCUT2D eigenvalue weighted by molar-refractivity contribution is -0.121. The highest BCUT2D eigenvalue weighted by molar-refractivity contribution is 8.76. The molecule has 10 N–H and O–H groups in total. The number of carbonyl (C=O) groups excluding carboxylic acids is 1. The monoisotopic (exact) mass is 1040 g/mol. The van der Waals surface area contributed by atoms with Crippen molar-refractivity contribution in [1.82, 2.24) is 10.6 Å². The number of aryl methyl sites for hydroxylation is 1. The number of methoxy groups -OCH3 is 1. The first kappa shape index (κ1) is 54.7. The molecular weight excluding hydrogens is 961 g/mol. The third-order valence-corrected chi connectivity index (χ3v) is 19.5. The fourth-order valence-corrected chi connectivity index (χ4v) is 15.8. The van der Waals surface area contributed by atoms with Gasteiger partial charge < -0.3 is 70.4 Å². The Labute approximate surface area is 432 Å². The second-order valence-corrected chi connectivity index (χ2v) is 23.9. The lowest BCUT2D eigenvalue weighted by atomic mass is 9.51. The summed E-state index contributed by atoms with van der Waals surface area (Å²) in [5.74, 6) is 14.4. The SMILES string of the molecule is COc1cc(C[C@H]2[C@H](O)C[C@@H](OCO)CCc3cc(O[C@H]4CC[C@H]5CNC[C@H]6C#C[C@@]7(C[C@@H](C)CC[C@@H]7CC[C@@H](O)[C@H]7CNC(=O)[C@@H]7C#CC6)[C@@H]5C4)c(O)cc3[C@H](CCO)SSC[C@@H]2O)cc(OCO)c1O. The number of fused-ring (bicyclic) bond motifs is 4. The maximum Gasteiger partial charge on any atom is 0.235 e. The van der Waals surface area contributed by atoms with Crippen molar-refractivity contribution < 1.29 is 64.6 Å². The standard InChI is InChI=1S/C55H76N2O13S2/c1-32-6-9-37-10-13-45(61)43-28-57-54(66)40(43)5-3-4-33-14-16-55(37,25-32)44-22-39(12-8-36(44)27-56-26-33)70-49-21-35-7-11-38(68-30-59)23-46(62)42(18-34-19-50(67-2)53(65)51(20-34)69-31-60)48(64)29-71-72-52(15-17-58)41(35)24-47(49)63/h19-21,24,32-33,36-40,42-46,48,52,56,58-65H,4,6-13,15,17-18,22-23,25-31H2,1-2H3,(H,57,66)/t32-,33+,36-,37+,38-,39-,40+,42-,43-,44+,45+,46+,48-,52-,55-/m0/s1. The van der Waals surface area contributed by atoms with E-state index in [0.717, 1.165) is 62.6 Å². The van der Waals surface area contributed by atoms with Crippen LogP contribution in [-0.2, 0) is 22.4 Å². The summed E-state index contributed by atoms with van der Waals surface area (Å²) in [6.45, 7) is 2.94. The molecule has 2 aromatic rings. The summed E-state index contributed by atoms with van der Waals surface area (Å²) < 4.78 is 23.4. The normalized spacial score (nSPS) is 35.4. The second kappa shape index (κ2) is 25.3. The van der Waals surface area contributed by atoms with E-state index in [1.807, 2.05) is 6.07 Å². The van der Waals surface area contributed by atoms with Crippen LogP contribution in [0.3, 0.4) is 0 Å². The molecule has 72 heavy (non-hydrogen) atoms. The molecule has 3 aliphatic heterocycles. The molecule has 3 heterocycles. The predicted molar refractivity (Wildman–Crippen MR) is 275 cm³/mol. The largest absolute Gasteiger partial charge is 0.504 e.